The smallest absolute Gasteiger partial charge is 0.0944 e. The second-order valence-electron chi connectivity index (χ2n) is 5.74. The number of hydrogen-bond donors (Lipinski definition) is 1. The van der Waals surface area contributed by atoms with Crippen molar-refractivity contribution >= 4 is 11.3 Å². The molecule has 106 valence electrons. The molecule has 0 amide bonds. The largest absolute Gasteiger partial charge is 0.391 e. The summed E-state index contributed by atoms with van der Waals surface area (Å²) in [6, 6.07) is 0. The minimum atomic E-state index is 0.165. The second-order valence-corrected chi connectivity index (χ2v) is 6.91. The lowest BCUT2D eigenvalue weighted by Crippen LogP contribution is -2.45. The van der Waals surface area contributed by atoms with Crippen molar-refractivity contribution in [2.45, 2.75) is 31.8 Å². The van der Waals surface area contributed by atoms with Crippen LogP contribution in [0.4, 0.5) is 0 Å². The van der Waals surface area contributed by atoms with Gasteiger partial charge in [-0.2, -0.15) is 0 Å². The highest BCUT2D eigenvalue weighted by atomic mass is 32.1. The summed E-state index contributed by atoms with van der Waals surface area (Å²) in [5.74, 6) is 0.649. The van der Waals surface area contributed by atoms with Gasteiger partial charge >= 0.3 is 0 Å². The first-order valence-corrected chi connectivity index (χ1v) is 8.08. The Labute approximate surface area is 119 Å². The van der Waals surface area contributed by atoms with Gasteiger partial charge in [0.15, 0.2) is 0 Å². The van der Waals surface area contributed by atoms with Gasteiger partial charge in [0.05, 0.1) is 22.2 Å². The standard InChI is InChI=1S/C14H23N3OS/c1-16-6-8-17(9-7-16)5-4-13-15-14(11-2-3-11)12(10-18)19-13/h11,18H,2-10H2,1H3. The van der Waals surface area contributed by atoms with Gasteiger partial charge in [-0.15, -0.1) is 11.3 Å². The SMILES string of the molecule is CN1CCN(CCc2nc(C3CC3)c(CO)s2)CC1. The highest BCUT2D eigenvalue weighted by Gasteiger charge is 2.29. The molecule has 0 aromatic carbocycles. The summed E-state index contributed by atoms with van der Waals surface area (Å²) < 4.78 is 0. The van der Waals surface area contributed by atoms with Crippen LogP contribution in [-0.4, -0.2) is 59.7 Å². The average Bonchev–Trinajstić information content (AvgIpc) is 3.19. The number of hydrogen-bond acceptors (Lipinski definition) is 5. The lowest BCUT2D eigenvalue weighted by Gasteiger charge is -2.32. The molecule has 1 aromatic heterocycles. The highest BCUT2D eigenvalue weighted by molar-refractivity contribution is 7.11. The number of nitrogens with zero attached hydrogens (tertiary/aromatic N) is 3. The van der Waals surface area contributed by atoms with Gasteiger partial charge in [-0.05, 0) is 19.9 Å². The van der Waals surface area contributed by atoms with Crippen molar-refractivity contribution < 1.29 is 5.11 Å². The molecule has 1 saturated carbocycles. The second kappa shape index (κ2) is 5.87. The number of thiazole rings is 1. The van der Waals surface area contributed by atoms with Crippen molar-refractivity contribution in [3.63, 3.8) is 0 Å². The molecule has 4 nitrogen and oxygen atoms in total. The summed E-state index contributed by atoms with van der Waals surface area (Å²) in [6.45, 7) is 5.96. The molecular weight excluding hydrogens is 258 g/mol. The minimum absolute atomic E-state index is 0.165. The van der Waals surface area contributed by atoms with E-state index >= 15 is 0 Å². The lowest BCUT2D eigenvalue weighted by molar-refractivity contribution is 0.155. The Hall–Kier alpha value is -0.490. The molecule has 2 aliphatic rings. The fraction of sp³-hybridized carbons (Fsp3) is 0.786. The van der Waals surface area contributed by atoms with E-state index in [1.807, 2.05) is 0 Å². The lowest BCUT2D eigenvalue weighted by atomic mass is 10.2. The first kappa shape index (κ1) is 13.5. The van der Waals surface area contributed by atoms with Crippen LogP contribution in [0.15, 0.2) is 0 Å². The van der Waals surface area contributed by atoms with Crippen LogP contribution in [-0.2, 0) is 13.0 Å². The molecule has 1 N–H and O–H groups in total. The van der Waals surface area contributed by atoms with Gasteiger partial charge in [0, 0.05) is 45.1 Å². The van der Waals surface area contributed by atoms with Crippen LogP contribution < -0.4 is 0 Å². The van der Waals surface area contributed by atoms with Gasteiger partial charge in [-0.1, -0.05) is 0 Å². The van der Waals surface area contributed by atoms with Crippen molar-refractivity contribution in [1.29, 1.82) is 0 Å². The molecule has 1 aliphatic heterocycles. The first-order valence-electron chi connectivity index (χ1n) is 7.26. The molecule has 5 heteroatoms. The van der Waals surface area contributed by atoms with Gasteiger partial charge in [0.25, 0.3) is 0 Å². The van der Waals surface area contributed by atoms with Gasteiger partial charge in [-0.3, -0.25) is 0 Å². The summed E-state index contributed by atoms with van der Waals surface area (Å²) in [6.07, 6.45) is 3.55. The number of piperazine rings is 1. The van der Waals surface area contributed by atoms with Crippen molar-refractivity contribution in [2.24, 2.45) is 0 Å². The molecule has 0 unspecified atom stereocenters. The molecule has 19 heavy (non-hydrogen) atoms. The van der Waals surface area contributed by atoms with Gasteiger partial charge in [-0.25, -0.2) is 4.98 Å². The number of aromatic nitrogens is 1. The Kier molecular flexibility index (Phi) is 4.17. The molecule has 1 saturated heterocycles. The zero-order chi connectivity index (χ0) is 13.2. The van der Waals surface area contributed by atoms with E-state index in [-0.39, 0.29) is 6.61 Å². The summed E-state index contributed by atoms with van der Waals surface area (Å²) in [5, 5.41) is 10.6. The average molecular weight is 281 g/mol. The maximum absolute atomic E-state index is 9.41. The Balaban J connectivity index is 1.55. The van der Waals surface area contributed by atoms with Crippen molar-refractivity contribution in [2.75, 3.05) is 39.8 Å². The van der Waals surface area contributed by atoms with Gasteiger partial charge < -0.3 is 14.9 Å². The van der Waals surface area contributed by atoms with E-state index in [2.05, 4.69) is 16.8 Å². The fourth-order valence-electron chi connectivity index (χ4n) is 2.64. The summed E-state index contributed by atoms with van der Waals surface area (Å²) >= 11 is 1.72. The Bertz CT molecular complexity index is 422. The van der Waals surface area contributed by atoms with Gasteiger partial charge in [0.2, 0.25) is 0 Å². The highest BCUT2D eigenvalue weighted by Crippen LogP contribution is 2.42. The summed E-state index contributed by atoms with van der Waals surface area (Å²) in [5.41, 5.74) is 1.20. The molecule has 1 aliphatic carbocycles. The maximum atomic E-state index is 9.41. The summed E-state index contributed by atoms with van der Waals surface area (Å²) in [7, 11) is 2.19. The molecule has 0 spiro atoms. The zero-order valence-corrected chi connectivity index (χ0v) is 12.5. The number of rotatable bonds is 5. The number of aliphatic hydroxyl groups is 1. The topological polar surface area (TPSA) is 39.6 Å². The predicted octanol–water partition coefficient (Wildman–Crippen LogP) is 1.30. The van der Waals surface area contributed by atoms with Gasteiger partial charge in [0.1, 0.15) is 0 Å². The molecule has 0 atom stereocenters. The van der Waals surface area contributed by atoms with Crippen molar-refractivity contribution in [3.8, 4) is 0 Å². The van der Waals surface area contributed by atoms with E-state index in [1.54, 1.807) is 11.3 Å². The van der Waals surface area contributed by atoms with Crippen LogP contribution in [0.1, 0.15) is 34.3 Å². The van der Waals surface area contributed by atoms with E-state index in [0.29, 0.717) is 5.92 Å². The van der Waals surface area contributed by atoms with Crippen LogP contribution >= 0.6 is 11.3 Å². The molecule has 2 fully saturated rings. The molecule has 0 bridgehead atoms. The van der Waals surface area contributed by atoms with Crippen LogP contribution in [0.3, 0.4) is 0 Å². The van der Waals surface area contributed by atoms with Crippen LogP contribution in [0, 0.1) is 0 Å². The summed E-state index contributed by atoms with van der Waals surface area (Å²) in [4.78, 5) is 10.8. The van der Waals surface area contributed by atoms with E-state index in [0.717, 1.165) is 17.8 Å². The fourth-order valence-corrected chi connectivity index (χ4v) is 3.64. The minimum Gasteiger partial charge on any atom is -0.391 e. The first-order chi connectivity index (χ1) is 9.26. The van der Waals surface area contributed by atoms with Crippen LogP contribution in [0.25, 0.3) is 0 Å². The molecule has 2 heterocycles. The van der Waals surface area contributed by atoms with E-state index in [1.165, 1.54) is 49.7 Å². The third-order valence-corrected chi connectivity index (χ3v) is 5.23. The van der Waals surface area contributed by atoms with Crippen LogP contribution in [0.5, 0.6) is 0 Å². The molecule has 1 aromatic rings. The molecular formula is C14H23N3OS. The maximum Gasteiger partial charge on any atom is 0.0944 e. The number of aliphatic hydroxyl groups excluding tert-OH is 1. The van der Waals surface area contributed by atoms with E-state index in [9.17, 15) is 5.11 Å². The van der Waals surface area contributed by atoms with E-state index in [4.69, 9.17) is 4.98 Å². The van der Waals surface area contributed by atoms with Crippen molar-refractivity contribution in [1.82, 2.24) is 14.8 Å². The Morgan fingerprint density at radius 2 is 2.00 bits per heavy atom. The molecule has 3 rings (SSSR count). The molecule has 0 radical (unpaired) electrons. The van der Waals surface area contributed by atoms with E-state index < -0.39 is 0 Å². The number of likely N-dealkylation sites (N-methyl/N-ethyl adjacent to an activating group) is 1. The normalized spacial score (nSPS) is 22.0. The monoisotopic (exact) mass is 281 g/mol. The van der Waals surface area contributed by atoms with Crippen LogP contribution in [0.2, 0.25) is 0 Å². The quantitative estimate of drug-likeness (QED) is 0.883. The zero-order valence-electron chi connectivity index (χ0n) is 11.6. The van der Waals surface area contributed by atoms with Crippen molar-refractivity contribution in [3.05, 3.63) is 15.6 Å². The Morgan fingerprint density at radius 1 is 1.26 bits per heavy atom. The Morgan fingerprint density at radius 3 is 2.63 bits per heavy atom. The third kappa shape index (κ3) is 3.34. The predicted molar refractivity (Wildman–Crippen MR) is 77.7 cm³/mol. The third-order valence-electron chi connectivity index (χ3n) is 4.12.